The van der Waals surface area contributed by atoms with Crippen molar-refractivity contribution in [3.63, 3.8) is 0 Å². The molecule has 0 saturated heterocycles. The van der Waals surface area contributed by atoms with E-state index in [-0.39, 0.29) is 11.8 Å². The molecule has 1 aliphatic rings. The molecule has 4 heteroatoms. The lowest BCUT2D eigenvalue weighted by atomic mass is 9.88. The van der Waals surface area contributed by atoms with E-state index < -0.39 is 0 Å². The van der Waals surface area contributed by atoms with E-state index in [1.807, 2.05) is 32.0 Å². The van der Waals surface area contributed by atoms with Crippen molar-refractivity contribution in [1.82, 2.24) is 9.97 Å². The van der Waals surface area contributed by atoms with Gasteiger partial charge in [-0.05, 0) is 44.9 Å². The van der Waals surface area contributed by atoms with Crippen LogP contribution in [0.3, 0.4) is 0 Å². The quantitative estimate of drug-likeness (QED) is 0.913. The Balaban J connectivity index is 1.80. The summed E-state index contributed by atoms with van der Waals surface area (Å²) in [5, 5.41) is 3.03. The van der Waals surface area contributed by atoms with E-state index in [1.165, 1.54) is 19.3 Å². The average Bonchev–Trinajstić information content (AvgIpc) is 2.49. The lowest BCUT2D eigenvalue weighted by molar-refractivity contribution is -0.120. The zero-order valence-corrected chi connectivity index (χ0v) is 12.6. The van der Waals surface area contributed by atoms with Gasteiger partial charge in [0.2, 0.25) is 5.91 Å². The minimum atomic E-state index is 0.144. The molecule has 0 radical (unpaired) electrons. The van der Waals surface area contributed by atoms with Crippen LogP contribution in [0.15, 0.2) is 18.2 Å². The number of amides is 1. The number of benzene rings is 1. The molecule has 1 aliphatic carbocycles. The Morgan fingerprint density at radius 3 is 2.43 bits per heavy atom. The molecule has 1 aromatic heterocycles. The van der Waals surface area contributed by atoms with Gasteiger partial charge < -0.3 is 5.32 Å². The molecule has 0 bridgehead atoms. The van der Waals surface area contributed by atoms with Gasteiger partial charge in [0.25, 0.3) is 0 Å². The first kappa shape index (κ1) is 14.0. The third-order valence-electron chi connectivity index (χ3n) is 4.32. The number of anilines is 1. The molecule has 3 rings (SSSR count). The monoisotopic (exact) mass is 283 g/mol. The van der Waals surface area contributed by atoms with E-state index in [9.17, 15) is 4.79 Å². The number of nitrogens with one attached hydrogen (secondary N) is 1. The highest BCUT2D eigenvalue weighted by Crippen LogP contribution is 2.25. The number of rotatable bonds is 2. The molecule has 1 fully saturated rings. The van der Waals surface area contributed by atoms with E-state index in [4.69, 9.17) is 0 Å². The number of carbonyl (C=O) groups is 1. The number of carbonyl (C=O) groups excluding carboxylic acids is 1. The maximum atomic E-state index is 12.3. The fraction of sp³-hybridized carbons (Fsp3) is 0.471. The third kappa shape index (κ3) is 3.04. The van der Waals surface area contributed by atoms with E-state index in [0.717, 1.165) is 41.0 Å². The third-order valence-corrected chi connectivity index (χ3v) is 4.32. The highest BCUT2D eigenvalue weighted by Gasteiger charge is 2.21. The Hall–Kier alpha value is -1.97. The van der Waals surface area contributed by atoms with E-state index >= 15 is 0 Å². The minimum absolute atomic E-state index is 0.144. The molecule has 21 heavy (non-hydrogen) atoms. The van der Waals surface area contributed by atoms with Crippen molar-refractivity contribution in [2.75, 3.05) is 5.32 Å². The van der Waals surface area contributed by atoms with Crippen LogP contribution in [0, 0.1) is 19.8 Å². The Labute approximate surface area is 125 Å². The molecule has 0 aliphatic heterocycles. The van der Waals surface area contributed by atoms with Crippen LogP contribution in [0.5, 0.6) is 0 Å². The lowest BCUT2D eigenvalue weighted by Crippen LogP contribution is -2.24. The number of fused-ring (bicyclic) bond motifs is 1. The number of aryl methyl sites for hydroxylation is 2. The molecule has 1 saturated carbocycles. The molecule has 1 heterocycles. The van der Waals surface area contributed by atoms with Gasteiger partial charge in [-0.2, -0.15) is 0 Å². The van der Waals surface area contributed by atoms with Crippen LogP contribution < -0.4 is 5.32 Å². The van der Waals surface area contributed by atoms with Crippen LogP contribution in [0.2, 0.25) is 0 Å². The Morgan fingerprint density at radius 2 is 1.71 bits per heavy atom. The first-order valence-corrected chi connectivity index (χ1v) is 7.69. The summed E-state index contributed by atoms with van der Waals surface area (Å²) >= 11 is 0. The van der Waals surface area contributed by atoms with Gasteiger partial charge in [0.1, 0.15) is 0 Å². The largest absolute Gasteiger partial charge is 0.326 e. The van der Waals surface area contributed by atoms with Crippen molar-refractivity contribution in [3.8, 4) is 0 Å². The summed E-state index contributed by atoms with van der Waals surface area (Å²) < 4.78 is 0. The SMILES string of the molecule is Cc1nc2ccc(NC(=O)C3CCCCC3)cc2nc1C. The molecule has 1 amide bonds. The number of nitrogens with zero attached hydrogens (tertiary/aromatic N) is 2. The molecule has 0 atom stereocenters. The summed E-state index contributed by atoms with van der Waals surface area (Å²) in [7, 11) is 0. The van der Waals surface area contributed by atoms with Crippen molar-refractivity contribution >= 4 is 22.6 Å². The standard InChI is InChI=1S/C17H21N3O/c1-11-12(2)19-16-10-14(8-9-15(16)18-11)20-17(21)13-6-4-3-5-7-13/h8-10,13H,3-7H2,1-2H3,(H,20,21). The summed E-state index contributed by atoms with van der Waals surface area (Å²) in [6, 6.07) is 5.74. The van der Waals surface area contributed by atoms with Gasteiger partial charge in [-0.3, -0.25) is 4.79 Å². The predicted molar refractivity (Wildman–Crippen MR) is 84.2 cm³/mol. The molecule has 4 nitrogen and oxygen atoms in total. The molecular weight excluding hydrogens is 262 g/mol. The fourth-order valence-corrected chi connectivity index (χ4v) is 2.92. The molecule has 1 aromatic carbocycles. The van der Waals surface area contributed by atoms with Gasteiger partial charge >= 0.3 is 0 Å². The summed E-state index contributed by atoms with van der Waals surface area (Å²) in [6.07, 6.45) is 5.61. The maximum Gasteiger partial charge on any atom is 0.227 e. The highest BCUT2D eigenvalue weighted by atomic mass is 16.1. The summed E-state index contributed by atoms with van der Waals surface area (Å²) in [4.78, 5) is 21.3. The number of hydrogen-bond acceptors (Lipinski definition) is 3. The van der Waals surface area contributed by atoms with Crippen molar-refractivity contribution < 1.29 is 4.79 Å². The number of hydrogen-bond donors (Lipinski definition) is 1. The zero-order valence-electron chi connectivity index (χ0n) is 12.6. The molecule has 0 spiro atoms. The van der Waals surface area contributed by atoms with Crippen LogP contribution in [-0.2, 0) is 4.79 Å². The smallest absolute Gasteiger partial charge is 0.227 e. The maximum absolute atomic E-state index is 12.3. The van der Waals surface area contributed by atoms with E-state index in [1.54, 1.807) is 0 Å². The van der Waals surface area contributed by atoms with Crippen LogP contribution in [0.25, 0.3) is 11.0 Å². The Kier molecular flexibility index (Phi) is 3.86. The second-order valence-electron chi connectivity index (χ2n) is 5.92. The van der Waals surface area contributed by atoms with Gasteiger partial charge in [-0.25, -0.2) is 9.97 Å². The van der Waals surface area contributed by atoms with Gasteiger partial charge in [0, 0.05) is 11.6 Å². The minimum Gasteiger partial charge on any atom is -0.326 e. The second-order valence-corrected chi connectivity index (χ2v) is 5.92. The van der Waals surface area contributed by atoms with Crippen LogP contribution in [-0.4, -0.2) is 15.9 Å². The van der Waals surface area contributed by atoms with E-state index in [0.29, 0.717) is 0 Å². The van der Waals surface area contributed by atoms with Crippen LogP contribution in [0.4, 0.5) is 5.69 Å². The fourth-order valence-electron chi connectivity index (χ4n) is 2.92. The molecule has 0 unspecified atom stereocenters. The summed E-state index contributed by atoms with van der Waals surface area (Å²) in [5.41, 5.74) is 4.39. The van der Waals surface area contributed by atoms with Gasteiger partial charge in [-0.15, -0.1) is 0 Å². The second kappa shape index (κ2) is 5.80. The van der Waals surface area contributed by atoms with Crippen LogP contribution >= 0.6 is 0 Å². The lowest BCUT2D eigenvalue weighted by Gasteiger charge is -2.20. The predicted octanol–water partition coefficient (Wildman–Crippen LogP) is 3.77. The molecular formula is C17H21N3O. The molecule has 2 aromatic rings. The average molecular weight is 283 g/mol. The topological polar surface area (TPSA) is 54.9 Å². The highest BCUT2D eigenvalue weighted by molar-refractivity contribution is 5.94. The number of aromatic nitrogens is 2. The first-order chi connectivity index (χ1) is 10.1. The van der Waals surface area contributed by atoms with E-state index in [2.05, 4.69) is 15.3 Å². The van der Waals surface area contributed by atoms with Gasteiger partial charge in [-0.1, -0.05) is 19.3 Å². The first-order valence-electron chi connectivity index (χ1n) is 7.69. The molecule has 110 valence electrons. The van der Waals surface area contributed by atoms with Gasteiger partial charge in [0.15, 0.2) is 0 Å². The zero-order chi connectivity index (χ0) is 14.8. The van der Waals surface area contributed by atoms with Crippen molar-refractivity contribution in [2.24, 2.45) is 5.92 Å². The van der Waals surface area contributed by atoms with Crippen molar-refractivity contribution in [1.29, 1.82) is 0 Å². The summed E-state index contributed by atoms with van der Waals surface area (Å²) in [6.45, 7) is 3.91. The summed E-state index contributed by atoms with van der Waals surface area (Å²) in [5.74, 6) is 0.311. The molecule has 1 N–H and O–H groups in total. The Morgan fingerprint density at radius 1 is 1.05 bits per heavy atom. The van der Waals surface area contributed by atoms with Crippen molar-refractivity contribution in [3.05, 3.63) is 29.6 Å². The normalized spacial score (nSPS) is 16.1. The Bertz CT molecular complexity index is 675. The van der Waals surface area contributed by atoms with Gasteiger partial charge in [0.05, 0.1) is 22.4 Å². The van der Waals surface area contributed by atoms with Crippen molar-refractivity contribution in [2.45, 2.75) is 46.0 Å². The van der Waals surface area contributed by atoms with Crippen LogP contribution in [0.1, 0.15) is 43.5 Å².